The van der Waals surface area contributed by atoms with Gasteiger partial charge < -0.3 is 10.1 Å². The highest BCUT2D eigenvalue weighted by molar-refractivity contribution is 7.99. The van der Waals surface area contributed by atoms with Crippen LogP contribution in [0.5, 0.6) is 5.75 Å². The molecule has 0 aliphatic heterocycles. The molecule has 4 rings (SSSR count). The molecule has 1 N–H and O–H groups in total. The minimum Gasteiger partial charge on any atom is -0.485 e. The van der Waals surface area contributed by atoms with E-state index in [4.69, 9.17) is 39.5 Å². The molecule has 11 heteroatoms. The number of anilines is 1. The lowest BCUT2D eigenvalue weighted by atomic mass is 10.3. The minimum atomic E-state index is -0.222. The number of thioether (sulfide) groups is 1. The lowest BCUT2D eigenvalue weighted by molar-refractivity contribution is -0.113. The fourth-order valence-electron chi connectivity index (χ4n) is 2.70. The number of hydrogen-bond donors (Lipinski definition) is 1. The van der Waals surface area contributed by atoms with E-state index in [1.54, 1.807) is 36.5 Å². The summed E-state index contributed by atoms with van der Waals surface area (Å²) in [4.78, 5) is 25.6. The molecule has 1 amide bonds. The summed E-state index contributed by atoms with van der Waals surface area (Å²) < 4.78 is 5.74. The molecule has 168 valence electrons. The van der Waals surface area contributed by atoms with Gasteiger partial charge in [0, 0.05) is 27.3 Å². The number of ether oxygens (including phenoxy) is 1. The Morgan fingerprint density at radius 2 is 1.82 bits per heavy atom. The standard InChI is InChI=1S/C22H15Cl3N4O2S2/c23-13-7-14(24)9-15(8-13)27-20(30)12-33-22-26-6-5-17(29-22)18-11-32-21(28-18)10-31-19-4-2-1-3-16(19)25/h1-9,11H,10,12H2,(H,27,30). The fourth-order valence-corrected chi connectivity index (χ4v) is 4.75. The van der Waals surface area contributed by atoms with Crippen LogP contribution in [0.1, 0.15) is 5.01 Å². The van der Waals surface area contributed by atoms with E-state index in [-0.39, 0.29) is 11.7 Å². The van der Waals surface area contributed by atoms with E-state index < -0.39 is 0 Å². The van der Waals surface area contributed by atoms with Gasteiger partial charge in [0.2, 0.25) is 5.91 Å². The first kappa shape index (κ1) is 23.8. The maximum atomic E-state index is 12.3. The van der Waals surface area contributed by atoms with Crippen LogP contribution < -0.4 is 10.1 Å². The Hall–Kier alpha value is -2.36. The third-order valence-electron chi connectivity index (χ3n) is 4.11. The van der Waals surface area contributed by atoms with E-state index in [1.165, 1.54) is 23.1 Å². The molecule has 0 unspecified atom stereocenters. The van der Waals surface area contributed by atoms with Gasteiger partial charge in [-0.1, -0.05) is 58.7 Å². The second kappa shape index (κ2) is 11.2. The third-order valence-corrected chi connectivity index (χ3v) is 6.55. The highest BCUT2D eigenvalue weighted by atomic mass is 35.5. The molecule has 0 spiro atoms. The number of benzene rings is 2. The SMILES string of the molecule is O=C(CSc1nccc(-c2csc(COc3ccccc3Cl)n2)n1)Nc1cc(Cl)cc(Cl)c1. The predicted octanol–water partition coefficient (Wildman–Crippen LogP) is 6.87. The first-order valence-corrected chi connectivity index (χ1v) is 12.5. The zero-order valence-corrected chi connectivity index (χ0v) is 20.7. The van der Waals surface area contributed by atoms with Crippen molar-refractivity contribution in [3.8, 4) is 17.1 Å². The van der Waals surface area contributed by atoms with Crippen LogP contribution in [-0.2, 0) is 11.4 Å². The number of carbonyl (C=O) groups is 1. The topological polar surface area (TPSA) is 77.0 Å². The molecular weight excluding hydrogens is 523 g/mol. The number of nitrogens with zero attached hydrogens (tertiary/aromatic N) is 3. The Kier molecular flexibility index (Phi) is 8.06. The number of nitrogens with one attached hydrogen (secondary N) is 1. The Morgan fingerprint density at radius 3 is 2.61 bits per heavy atom. The highest BCUT2D eigenvalue weighted by Gasteiger charge is 2.11. The van der Waals surface area contributed by atoms with Gasteiger partial charge in [0.15, 0.2) is 5.16 Å². The van der Waals surface area contributed by atoms with E-state index in [9.17, 15) is 4.79 Å². The second-order valence-electron chi connectivity index (χ2n) is 6.57. The molecule has 0 atom stereocenters. The molecule has 0 saturated heterocycles. The van der Waals surface area contributed by atoms with Crippen molar-refractivity contribution in [2.75, 3.05) is 11.1 Å². The molecule has 0 aliphatic carbocycles. The first-order chi connectivity index (χ1) is 16.0. The van der Waals surface area contributed by atoms with E-state index in [2.05, 4.69) is 20.3 Å². The molecule has 0 saturated carbocycles. The minimum absolute atomic E-state index is 0.127. The van der Waals surface area contributed by atoms with Crippen molar-refractivity contribution in [3.05, 3.63) is 80.2 Å². The van der Waals surface area contributed by atoms with E-state index in [0.717, 1.165) is 5.01 Å². The number of hydrogen-bond acceptors (Lipinski definition) is 7. The number of thiazole rings is 1. The molecule has 2 aromatic heterocycles. The van der Waals surface area contributed by atoms with Crippen LogP contribution in [0.15, 0.2) is 65.3 Å². The Bertz CT molecular complexity index is 1270. The summed E-state index contributed by atoms with van der Waals surface area (Å²) in [5.74, 6) is 0.511. The zero-order valence-electron chi connectivity index (χ0n) is 16.8. The normalized spacial score (nSPS) is 10.8. The smallest absolute Gasteiger partial charge is 0.234 e. The number of aromatic nitrogens is 3. The lowest BCUT2D eigenvalue weighted by Crippen LogP contribution is -2.14. The van der Waals surface area contributed by atoms with Crippen molar-refractivity contribution in [1.29, 1.82) is 0 Å². The Morgan fingerprint density at radius 1 is 1.03 bits per heavy atom. The van der Waals surface area contributed by atoms with Crippen LogP contribution in [-0.4, -0.2) is 26.6 Å². The molecule has 0 radical (unpaired) electrons. The lowest BCUT2D eigenvalue weighted by Gasteiger charge is -2.06. The summed E-state index contributed by atoms with van der Waals surface area (Å²) in [6, 6.07) is 13.9. The van der Waals surface area contributed by atoms with Gasteiger partial charge in [0.25, 0.3) is 0 Å². The van der Waals surface area contributed by atoms with Crippen LogP contribution in [0.2, 0.25) is 15.1 Å². The van der Waals surface area contributed by atoms with Gasteiger partial charge in [-0.25, -0.2) is 15.0 Å². The van der Waals surface area contributed by atoms with Crippen LogP contribution >= 0.6 is 57.9 Å². The van der Waals surface area contributed by atoms with E-state index >= 15 is 0 Å². The summed E-state index contributed by atoms with van der Waals surface area (Å²) in [6.45, 7) is 0.300. The summed E-state index contributed by atoms with van der Waals surface area (Å²) in [6.07, 6.45) is 1.64. The quantitative estimate of drug-likeness (QED) is 0.195. The Labute approximate surface area is 213 Å². The third kappa shape index (κ3) is 6.82. The summed E-state index contributed by atoms with van der Waals surface area (Å²) in [7, 11) is 0. The van der Waals surface area contributed by atoms with Crippen molar-refractivity contribution in [1.82, 2.24) is 15.0 Å². The molecule has 4 aromatic rings. The van der Waals surface area contributed by atoms with Gasteiger partial charge in [-0.05, 0) is 36.4 Å². The van der Waals surface area contributed by atoms with Crippen LogP contribution in [0.25, 0.3) is 11.4 Å². The number of halogens is 3. The fraction of sp³-hybridized carbons (Fsp3) is 0.0909. The summed E-state index contributed by atoms with van der Waals surface area (Å²) in [5, 5.41) is 7.35. The molecule has 0 bridgehead atoms. The Balaban J connectivity index is 1.35. The van der Waals surface area contributed by atoms with E-state index in [0.29, 0.717) is 49.7 Å². The van der Waals surface area contributed by atoms with Crippen LogP contribution in [0.4, 0.5) is 5.69 Å². The molecule has 6 nitrogen and oxygen atoms in total. The molecule has 2 heterocycles. The molecule has 2 aromatic carbocycles. The largest absolute Gasteiger partial charge is 0.485 e. The summed E-state index contributed by atoms with van der Waals surface area (Å²) in [5.41, 5.74) is 1.90. The van der Waals surface area contributed by atoms with Gasteiger partial charge in [-0.15, -0.1) is 11.3 Å². The van der Waals surface area contributed by atoms with Crippen molar-refractivity contribution in [2.45, 2.75) is 11.8 Å². The van der Waals surface area contributed by atoms with Gasteiger partial charge in [0.1, 0.15) is 23.1 Å². The highest BCUT2D eigenvalue weighted by Crippen LogP contribution is 2.27. The molecule has 33 heavy (non-hydrogen) atoms. The molecule has 0 aliphatic rings. The van der Waals surface area contributed by atoms with E-state index in [1.807, 2.05) is 23.6 Å². The van der Waals surface area contributed by atoms with Crippen molar-refractivity contribution >= 4 is 69.5 Å². The number of rotatable bonds is 8. The zero-order chi connectivity index (χ0) is 23.2. The maximum absolute atomic E-state index is 12.3. The van der Waals surface area contributed by atoms with Gasteiger partial charge >= 0.3 is 0 Å². The van der Waals surface area contributed by atoms with Gasteiger partial charge in [-0.2, -0.15) is 0 Å². The molecule has 0 fully saturated rings. The predicted molar refractivity (Wildman–Crippen MR) is 135 cm³/mol. The first-order valence-electron chi connectivity index (χ1n) is 9.50. The maximum Gasteiger partial charge on any atom is 0.234 e. The van der Waals surface area contributed by atoms with Crippen molar-refractivity contribution in [3.63, 3.8) is 0 Å². The van der Waals surface area contributed by atoms with Crippen LogP contribution in [0.3, 0.4) is 0 Å². The second-order valence-corrected chi connectivity index (χ2v) is 9.73. The summed E-state index contributed by atoms with van der Waals surface area (Å²) >= 11 is 20.7. The average molecular weight is 538 g/mol. The molecular formula is C22H15Cl3N4O2S2. The van der Waals surface area contributed by atoms with Gasteiger partial charge in [-0.3, -0.25) is 4.79 Å². The monoisotopic (exact) mass is 536 g/mol. The number of carbonyl (C=O) groups excluding carboxylic acids is 1. The average Bonchev–Trinajstić information content (AvgIpc) is 3.26. The number of para-hydroxylation sites is 1. The number of amides is 1. The van der Waals surface area contributed by atoms with Crippen molar-refractivity contribution < 1.29 is 9.53 Å². The van der Waals surface area contributed by atoms with Crippen molar-refractivity contribution in [2.24, 2.45) is 0 Å². The van der Waals surface area contributed by atoms with Gasteiger partial charge in [0.05, 0.1) is 16.5 Å². The van der Waals surface area contributed by atoms with Crippen LogP contribution in [0, 0.1) is 0 Å².